The van der Waals surface area contributed by atoms with E-state index in [0.717, 1.165) is 23.4 Å². The summed E-state index contributed by atoms with van der Waals surface area (Å²) in [5.74, 6) is -0.133. The number of allylic oxidation sites excluding steroid dienone is 1. The molecule has 0 amide bonds. The number of hydrogen-bond acceptors (Lipinski definition) is 2. The molecule has 23 heavy (non-hydrogen) atoms. The molecule has 1 aromatic carbocycles. The number of halogens is 1. The molecule has 0 radical (unpaired) electrons. The molecule has 1 aromatic rings. The van der Waals surface area contributed by atoms with Gasteiger partial charge < -0.3 is 4.74 Å². The number of aryl methyl sites for hydroxylation is 1. The van der Waals surface area contributed by atoms with Crippen molar-refractivity contribution in [3.05, 3.63) is 58.7 Å². The van der Waals surface area contributed by atoms with Gasteiger partial charge in [0.1, 0.15) is 5.60 Å². The first-order valence-corrected chi connectivity index (χ1v) is 8.25. The van der Waals surface area contributed by atoms with Gasteiger partial charge in [0.2, 0.25) is 0 Å². The summed E-state index contributed by atoms with van der Waals surface area (Å²) in [5, 5.41) is 0.801. The molecule has 0 saturated carbocycles. The van der Waals surface area contributed by atoms with E-state index in [0.29, 0.717) is 0 Å². The highest BCUT2D eigenvalue weighted by Crippen LogP contribution is 2.30. The molecule has 0 saturated heterocycles. The molecule has 0 aliphatic carbocycles. The van der Waals surface area contributed by atoms with E-state index in [4.69, 9.17) is 16.3 Å². The zero-order chi connectivity index (χ0) is 18.0. The van der Waals surface area contributed by atoms with Crippen molar-refractivity contribution in [2.45, 2.75) is 60.0 Å². The molecular weight excluding hydrogens is 308 g/mol. The smallest absolute Gasteiger partial charge is 0.334 e. The summed E-state index contributed by atoms with van der Waals surface area (Å²) in [6, 6.07) is 7.75. The van der Waals surface area contributed by atoms with Gasteiger partial charge in [0.25, 0.3) is 0 Å². The summed E-state index contributed by atoms with van der Waals surface area (Å²) in [7, 11) is 0. The van der Waals surface area contributed by atoms with E-state index >= 15 is 0 Å². The van der Waals surface area contributed by atoms with Crippen LogP contribution >= 0.6 is 11.6 Å². The van der Waals surface area contributed by atoms with Crippen LogP contribution in [0.1, 0.15) is 53.0 Å². The van der Waals surface area contributed by atoms with Gasteiger partial charge in [-0.25, -0.2) is 4.79 Å². The first kappa shape index (κ1) is 21.5. The van der Waals surface area contributed by atoms with Gasteiger partial charge >= 0.3 is 5.97 Å². The fraction of sp³-hybridized carbons (Fsp3) is 0.450. The molecule has 2 rings (SSSR count). The fourth-order valence-corrected chi connectivity index (χ4v) is 2.37. The van der Waals surface area contributed by atoms with Gasteiger partial charge in [-0.15, -0.1) is 6.58 Å². The highest BCUT2D eigenvalue weighted by Gasteiger charge is 2.31. The summed E-state index contributed by atoms with van der Waals surface area (Å²) in [6.07, 6.45) is 3.39. The minimum absolute atomic E-state index is 0.133. The third-order valence-electron chi connectivity index (χ3n) is 3.19. The van der Waals surface area contributed by atoms with E-state index in [1.54, 1.807) is 6.08 Å². The van der Waals surface area contributed by atoms with Crippen LogP contribution in [0.2, 0.25) is 5.02 Å². The molecule has 0 aromatic heterocycles. The maximum absolute atomic E-state index is 11.4. The largest absolute Gasteiger partial charge is 0.456 e. The lowest BCUT2D eigenvalue weighted by Gasteiger charge is -2.31. The summed E-state index contributed by atoms with van der Waals surface area (Å²) >= 11 is 5.61. The number of carbonyl (C=O) groups is 1. The number of ether oxygens (including phenoxy) is 1. The molecule has 1 aliphatic rings. The summed E-state index contributed by atoms with van der Waals surface area (Å²) in [6.45, 7) is 15.2. The van der Waals surface area contributed by atoms with Crippen molar-refractivity contribution in [2.75, 3.05) is 0 Å². The van der Waals surface area contributed by atoms with Crippen LogP contribution in [-0.2, 0) is 9.53 Å². The van der Waals surface area contributed by atoms with Gasteiger partial charge in [0.05, 0.1) is 0 Å². The zero-order valence-corrected chi connectivity index (χ0v) is 16.0. The highest BCUT2D eigenvalue weighted by molar-refractivity contribution is 6.30. The third-order valence-corrected chi connectivity index (χ3v) is 3.44. The van der Waals surface area contributed by atoms with Crippen LogP contribution in [0.5, 0.6) is 0 Å². The predicted molar refractivity (Wildman–Crippen MR) is 99.8 cm³/mol. The number of benzene rings is 1. The minimum Gasteiger partial charge on any atom is -0.456 e. The van der Waals surface area contributed by atoms with E-state index in [1.807, 2.05) is 65.8 Å². The Morgan fingerprint density at radius 2 is 1.74 bits per heavy atom. The lowest BCUT2D eigenvalue weighted by atomic mass is 9.91. The standard InChI is InChI=1S/C10H16O2.C7H7Cl.C3H6/c1-5-8-7(2)6-10(3,4)12-9(8)11;1-6-2-4-7(8)5-3-6;1-3-2/h5-6H2,1-4H3;2-5H,1H3;3H,1H2,2H3. The number of hydrogen-bond donors (Lipinski definition) is 0. The van der Waals surface area contributed by atoms with E-state index in [1.165, 1.54) is 11.1 Å². The molecule has 1 aliphatic heterocycles. The highest BCUT2D eigenvalue weighted by atomic mass is 35.5. The number of rotatable bonds is 1. The van der Waals surface area contributed by atoms with Crippen LogP contribution < -0.4 is 0 Å². The SMILES string of the molecule is C=CC.CCC1=C(C)CC(C)(C)OC1=O.Cc1ccc(Cl)cc1. The number of esters is 1. The minimum atomic E-state index is -0.306. The van der Waals surface area contributed by atoms with Crippen molar-refractivity contribution in [3.63, 3.8) is 0 Å². The monoisotopic (exact) mass is 336 g/mol. The Bertz CT molecular complexity index is 518. The number of carbonyl (C=O) groups excluding carboxylic acids is 1. The van der Waals surface area contributed by atoms with Crippen molar-refractivity contribution >= 4 is 17.6 Å². The summed E-state index contributed by atoms with van der Waals surface area (Å²) < 4.78 is 5.25. The maximum atomic E-state index is 11.4. The van der Waals surface area contributed by atoms with Gasteiger partial charge in [0, 0.05) is 17.0 Å². The van der Waals surface area contributed by atoms with Crippen molar-refractivity contribution in [1.82, 2.24) is 0 Å². The van der Waals surface area contributed by atoms with Gasteiger partial charge in [-0.05, 0) is 53.2 Å². The molecule has 3 heteroatoms. The van der Waals surface area contributed by atoms with Crippen LogP contribution in [0.3, 0.4) is 0 Å². The van der Waals surface area contributed by atoms with Gasteiger partial charge in [-0.2, -0.15) is 0 Å². The van der Waals surface area contributed by atoms with Gasteiger partial charge in [-0.3, -0.25) is 0 Å². The van der Waals surface area contributed by atoms with Crippen LogP contribution in [0.4, 0.5) is 0 Å². The fourth-order valence-electron chi connectivity index (χ4n) is 2.25. The molecule has 1 heterocycles. The van der Waals surface area contributed by atoms with E-state index in [2.05, 4.69) is 6.58 Å². The average Bonchev–Trinajstić information content (AvgIpc) is 2.42. The first-order chi connectivity index (χ1) is 10.7. The molecule has 0 atom stereocenters. The molecular formula is C20H29ClO2. The molecule has 0 N–H and O–H groups in total. The Hall–Kier alpha value is -1.54. The maximum Gasteiger partial charge on any atom is 0.334 e. The predicted octanol–water partition coefficient (Wildman–Crippen LogP) is 6.28. The Morgan fingerprint density at radius 1 is 1.26 bits per heavy atom. The second-order valence-corrected chi connectivity index (χ2v) is 6.58. The lowest BCUT2D eigenvalue weighted by molar-refractivity contribution is -0.153. The van der Waals surface area contributed by atoms with E-state index < -0.39 is 0 Å². The van der Waals surface area contributed by atoms with Crippen molar-refractivity contribution in [3.8, 4) is 0 Å². The normalized spacial score (nSPS) is 15.5. The van der Waals surface area contributed by atoms with Gasteiger partial charge in [0.15, 0.2) is 0 Å². The molecule has 0 spiro atoms. The molecule has 0 fully saturated rings. The van der Waals surface area contributed by atoms with Crippen molar-refractivity contribution < 1.29 is 9.53 Å². The Kier molecular flexibility index (Phi) is 9.59. The molecule has 0 bridgehead atoms. The van der Waals surface area contributed by atoms with Crippen LogP contribution in [0.15, 0.2) is 48.1 Å². The topological polar surface area (TPSA) is 26.3 Å². The van der Waals surface area contributed by atoms with Crippen LogP contribution in [-0.4, -0.2) is 11.6 Å². The Labute approximate surface area is 146 Å². The Balaban J connectivity index is 0.000000379. The second-order valence-electron chi connectivity index (χ2n) is 6.14. The summed E-state index contributed by atoms with van der Waals surface area (Å²) in [4.78, 5) is 11.4. The van der Waals surface area contributed by atoms with Crippen molar-refractivity contribution in [2.24, 2.45) is 0 Å². The molecule has 2 nitrogen and oxygen atoms in total. The van der Waals surface area contributed by atoms with Crippen LogP contribution in [0.25, 0.3) is 0 Å². The lowest BCUT2D eigenvalue weighted by Crippen LogP contribution is -2.33. The van der Waals surface area contributed by atoms with Crippen LogP contribution in [0, 0.1) is 6.92 Å². The zero-order valence-electron chi connectivity index (χ0n) is 15.2. The van der Waals surface area contributed by atoms with Gasteiger partial charge in [-0.1, -0.05) is 47.9 Å². The second kappa shape index (κ2) is 10.3. The summed E-state index contributed by atoms with van der Waals surface area (Å²) in [5.41, 5.74) is 2.97. The Morgan fingerprint density at radius 3 is 2.09 bits per heavy atom. The third kappa shape index (κ3) is 8.61. The number of cyclic esters (lactones) is 1. The van der Waals surface area contributed by atoms with E-state index in [-0.39, 0.29) is 11.6 Å². The van der Waals surface area contributed by atoms with Crippen molar-refractivity contribution in [1.29, 1.82) is 0 Å². The molecule has 0 unspecified atom stereocenters. The quantitative estimate of drug-likeness (QED) is 0.445. The first-order valence-electron chi connectivity index (χ1n) is 7.88. The molecule has 128 valence electrons. The average molecular weight is 337 g/mol. The van der Waals surface area contributed by atoms with E-state index in [9.17, 15) is 4.79 Å².